The van der Waals surface area contributed by atoms with Gasteiger partial charge in [0.15, 0.2) is 0 Å². The summed E-state index contributed by atoms with van der Waals surface area (Å²) in [5.41, 5.74) is 2.30. The van der Waals surface area contributed by atoms with E-state index < -0.39 is 0 Å². The summed E-state index contributed by atoms with van der Waals surface area (Å²) in [6.07, 6.45) is 0.0151. The van der Waals surface area contributed by atoms with E-state index in [1.54, 1.807) is 4.90 Å². The van der Waals surface area contributed by atoms with Crippen LogP contribution in [0.4, 0.5) is 4.79 Å². The molecule has 0 spiro atoms. The third-order valence-corrected chi connectivity index (χ3v) is 2.94. The summed E-state index contributed by atoms with van der Waals surface area (Å²) >= 11 is 0. The van der Waals surface area contributed by atoms with Gasteiger partial charge in [-0.25, -0.2) is 4.79 Å². The van der Waals surface area contributed by atoms with Crippen molar-refractivity contribution >= 4 is 6.09 Å². The molecule has 1 aliphatic heterocycles. The number of cyclic esters (lactones) is 1. The van der Waals surface area contributed by atoms with Crippen molar-refractivity contribution in [3.63, 3.8) is 0 Å². The van der Waals surface area contributed by atoms with E-state index in [1.165, 1.54) is 5.56 Å². The highest BCUT2D eigenvalue weighted by Gasteiger charge is 2.26. The minimum Gasteiger partial charge on any atom is -0.444 e. The predicted octanol–water partition coefficient (Wildman–Crippen LogP) is 1.70. The predicted molar refractivity (Wildman–Crippen MR) is 63.6 cm³/mol. The normalized spacial score (nSPS) is 20.2. The first-order valence-electron chi connectivity index (χ1n) is 5.81. The summed E-state index contributed by atoms with van der Waals surface area (Å²) in [5, 5.41) is 8.92. The molecule has 4 nitrogen and oxygen atoms in total. The molecule has 1 amide bonds. The lowest BCUT2D eigenvalue weighted by Gasteiger charge is -2.30. The fraction of sp³-hybridized carbons (Fsp3) is 0.462. The number of benzene rings is 1. The number of nitrogens with zero attached hydrogens (tertiary/aromatic N) is 1. The minimum absolute atomic E-state index is 0.0931. The lowest BCUT2D eigenvalue weighted by Crippen LogP contribution is -2.42. The number of rotatable bonds is 3. The summed E-state index contributed by atoms with van der Waals surface area (Å²) in [5.74, 6) is 0. The number of aliphatic hydroxyl groups excluding tert-OH is 1. The molecular weight excluding hydrogens is 218 g/mol. The first kappa shape index (κ1) is 11.9. The van der Waals surface area contributed by atoms with Crippen molar-refractivity contribution in [3.8, 4) is 0 Å². The zero-order valence-corrected chi connectivity index (χ0v) is 9.93. The van der Waals surface area contributed by atoms with Crippen LogP contribution in [0.15, 0.2) is 24.3 Å². The van der Waals surface area contributed by atoms with Gasteiger partial charge in [0.05, 0.1) is 6.61 Å². The van der Waals surface area contributed by atoms with Crippen LogP contribution in [0.5, 0.6) is 0 Å². The fourth-order valence-corrected chi connectivity index (χ4v) is 1.85. The first-order chi connectivity index (χ1) is 8.19. The van der Waals surface area contributed by atoms with Gasteiger partial charge in [-0.1, -0.05) is 29.8 Å². The van der Waals surface area contributed by atoms with E-state index in [4.69, 9.17) is 9.84 Å². The van der Waals surface area contributed by atoms with Gasteiger partial charge in [-0.15, -0.1) is 0 Å². The van der Waals surface area contributed by atoms with Gasteiger partial charge in [0.2, 0.25) is 0 Å². The van der Waals surface area contributed by atoms with Crippen LogP contribution in [0.3, 0.4) is 0 Å². The van der Waals surface area contributed by atoms with Crippen LogP contribution in [-0.2, 0) is 11.3 Å². The fourth-order valence-electron chi connectivity index (χ4n) is 1.85. The second-order valence-corrected chi connectivity index (χ2v) is 4.38. The summed E-state index contributed by atoms with van der Waals surface area (Å²) in [7, 11) is 0. The molecule has 1 aromatic rings. The van der Waals surface area contributed by atoms with E-state index in [9.17, 15) is 4.79 Å². The van der Waals surface area contributed by atoms with E-state index in [2.05, 4.69) is 0 Å². The Morgan fingerprint density at radius 3 is 2.71 bits per heavy atom. The molecule has 0 saturated carbocycles. The third kappa shape index (κ3) is 2.97. The Bertz CT molecular complexity index is 388. The summed E-state index contributed by atoms with van der Waals surface area (Å²) in [6, 6.07) is 8.09. The van der Waals surface area contributed by atoms with Crippen LogP contribution in [0.25, 0.3) is 0 Å². The Hall–Kier alpha value is -1.55. The van der Waals surface area contributed by atoms with Crippen molar-refractivity contribution in [2.75, 3.05) is 13.2 Å². The van der Waals surface area contributed by atoms with Crippen molar-refractivity contribution < 1.29 is 14.6 Å². The lowest BCUT2D eigenvalue weighted by atomic mass is 10.1. The highest BCUT2D eigenvalue weighted by molar-refractivity contribution is 5.68. The molecule has 1 unspecified atom stereocenters. The summed E-state index contributed by atoms with van der Waals surface area (Å²) < 4.78 is 5.08. The summed E-state index contributed by atoms with van der Waals surface area (Å²) in [6.45, 7) is 3.14. The van der Waals surface area contributed by atoms with Gasteiger partial charge in [-0.3, -0.25) is 0 Å². The van der Waals surface area contributed by atoms with Crippen molar-refractivity contribution in [1.82, 2.24) is 4.90 Å². The standard InChI is InChI=1S/C13H17NO3/c1-10-2-4-11(5-3-10)8-14-7-6-12(9-15)17-13(14)16/h2-5,12,15H,6-9H2,1H3. The van der Waals surface area contributed by atoms with Crippen LogP contribution in [0.1, 0.15) is 17.5 Å². The molecule has 1 N–H and O–H groups in total. The van der Waals surface area contributed by atoms with Crippen molar-refractivity contribution in [3.05, 3.63) is 35.4 Å². The van der Waals surface area contributed by atoms with E-state index >= 15 is 0 Å². The van der Waals surface area contributed by atoms with Crippen molar-refractivity contribution in [1.29, 1.82) is 0 Å². The van der Waals surface area contributed by atoms with Crippen LogP contribution < -0.4 is 0 Å². The number of amides is 1. The molecule has 1 heterocycles. The van der Waals surface area contributed by atoms with Crippen molar-refractivity contribution in [2.24, 2.45) is 0 Å². The maximum Gasteiger partial charge on any atom is 0.410 e. The van der Waals surface area contributed by atoms with E-state index in [0.717, 1.165) is 5.56 Å². The van der Waals surface area contributed by atoms with Gasteiger partial charge in [-0.2, -0.15) is 0 Å². The minimum atomic E-state index is -0.337. The van der Waals surface area contributed by atoms with Gasteiger partial charge in [0.25, 0.3) is 0 Å². The average Bonchev–Trinajstić information content (AvgIpc) is 2.34. The molecule has 1 fully saturated rings. The molecule has 1 aliphatic rings. The Balaban J connectivity index is 1.96. The topological polar surface area (TPSA) is 49.8 Å². The maximum absolute atomic E-state index is 11.6. The van der Waals surface area contributed by atoms with Crippen LogP contribution in [-0.4, -0.2) is 35.4 Å². The molecule has 0 bridgehead atoms. The smallest absolute Gasteiger partial charge is 0.410 e. The van der Waals surface area contributed by atoms with Gasteiger partial charge >= 0.3 is 6.09 Å². The molecule has 0 aromatic heterocycles. The maximum atomic E-state index is 11.6. The Morgan fingerprint density at radius 2 is 2.12 bits per heavy atom. The lowest BCUT2D eigenvalue weighted by molar-refractivity contribution is -0.00295. The Labute approximate surface area is 101 Å². The van der Waals surface area contributed by atoms with E-state index in [-0.39, 0.29) is 18.8 Å². The second kappa shape index (κ2) is 5.19. The quantitative estimate of drug-likeness (QED) is 0.867. The molecule has 92 valence electrons. The monoisotopic (exact) mass is 235 g/mol. The van der Waals surface area contributed by atoms with Crippen molar-refractivity contribution in [2.45, 2.75) is 26.0 Å². The van der Waals surface area contributed by atoms with Crippen LogP contribution in [0, 0.1) is 6.92 Å². The van der Waals surface area contributed by atoms with Gasteiger partial charge in [0, 0.05) is 19.5 Å². The van der Waals surface area contributed by atoms with E-state index in [1.807, 2.05) is 31.2 Å². The number of ether oxygens (including phenoxy) is 1. The van der Waals surface area contributed by atoms with Gasteiger partial charge in [0.1, 0.15) is 6.10 Å². The summed E-state index contributed by atoms with van der Waals surface area (Å²) in [4.78, 5) is 13.3. The SMILES string of the molecule is Cc1ccc(CN2CCC(CO)OC2=O)cc1. The second-order valence-electron chi connectivity index (χ2n) is 4.38. The molecule has 1 atom stereocenters. The highest BCUT2D eigenvalue weighted by Crippen LogP contribution is 2.15. The number of carbonyl (C=O) groups excluding carboxylic acids is 1. The molecule has 1 aromatic carbocycles. The zero-order chi connectivity index (χ0) is 12.3. The Kier molecular flexibility index (Phi) is 3.64. The molecule has 1 saturated heterocycles. The average molecular weight is 235 g/mol. The third-order valence-electron chi connectivity index (χ3n) is 2.94. The molecule has 0 radical (unpaired) electrons. The number of hydrogen-bond donors (Lipinski definition) is 1. The number of aliphatic hydroxyl groups is 1. The number of carbonyl (C=O) groups is 1. The largest absolute Gasteiger partial charge is 0.444 e. The molecular formula is C13H17NO3. The zero-order valence-electron chi connectivity index (χ0n) is 9.93. The first-order valence-corrected chi connectivity index (χ1v) is 5.81. The Morgan fingerprint density at radius 1 is 1.41 bits per heavy atom. The molecule has 2 rings (SSSR count). The molecule has 4 heteroatoms. The highest BCUT2D eigenvalue weighted by atomic mass is 16.6. The van der Waals surface area contributed by atoms with Crippen LogP contribution in [0.2, 0.25) is 0 Å². The van der Waals surface area contributed by atoms with Gasteiger partial charge in [-0.05, 0) is 12.5 Å². The number of hydrogen-bond acceptors (Lipinski definition) is 3. The van der Waals surface area contributed by atoms with E-state index in [0.29, 0.717) is 19.5 Å². The van der Waals surface area contributed by atoms with Crippen LogP contribution >= 0.6 is 0 Å². The molecule has 0 aliphatic carbocycles. The molecule has 17 heavy (non-hydrogen) atoms. The van der Waals surface area contributed by atoms with Gasteiger partial charge < -0.3 is 14.7 Å². The number of aryl methyl sites for hydroxylation is 1.